The lowest BCUT2D eigenvalue weighted by molar-refractivity contribution is -0.203. The topological polar surface area (TPSA) is 60.2 Å². The normalized spacial score (nSPS) is 29.3. The summed E-state index contributed by atoms with van der Waals surface area (Å²) in [4.78, 5) is 14.5. The van der Waals surface area contributed by atoms with E-state index in [2.05, 4.69) is 10.3 Å². The van der Waals surface area contributed by atoms with Gasteiger partial charge in [0.15, 0.2) is 0 Å². The molecule has 0 bridgehead atoms. The Kier molecular flexibility index (Phi) is 4.68. The van der Waals surface area contributed by atoms with Crippen molar-refractivity contribution >= 4 is 28.8 Å². The van der Waals surface area contributed by atoms with Gasteiger partial charge in [0.05, 0.1) is 23.2 Å². The van der Waals surface area contributed by atoms with Gasteiger partial charge in [0.25, 0.3) is 0 Å². The number of amides is 1. The SMILES string of the molecule is Cn1cc([C@@H]2C[C@]3(C[C@H](C4CC4)N2C(=O)C(F)(F)F)OCCc2cc(Cl)sc23)nn1. The number of thiophene rings is 1. The van der Waals surface area contributed by atoms with E-state index in [0.29, 0.717) is 23.1 Å². The lowest BCUT2D eigenvalue weighted by Gasteiger charge is -2.51. The second kappa shape index (κ2) is 6.93. The molecular formula is C19H20ClF3N4O2S. The van der Waals surface area contributed by atoms with Gasteiger partial charge in [-0.25, -0.2) is 0 Å². The Morgan fingerprint density at radius 1 is 1.37 bits per heavy atom. The second-order valence-electron chi connectivity index (χ2n) is 8.35. The smallest absolute Gasteiger partial charge is 0.369 e. The molecule has 6 nitrogen and oxygen atoms in total. The number of piperidine rings is 1. The number of halogens is 4. The number of aryl methyl sites for hydroxylation is 1. The molecule has 1 saturated carbocycles. The molecule has 5 rings (SSSR count). The predicted octanol–water partition coefficient (Wildman–Crippen LogP) is 4.00. The zero-order valence-corrected chi connectivity index (χ0v) is 17.7. The van der Waals surface area contributed by atoms with Crippen LogP contribution in [0.3, 0.4) is 0 Å². The molecule has 1 aliphatic carbocycles. The molecular weight excluding hydrogens is 441 g/mol. The molecule has 3 atom stereocenters. The van der Waals surface area contributed by atoms with Crippen molar-refractivity contribution in [1.29, 1.82) is 0 Å². The Morgan fingerprint density at radius 3 is 2.77 bits per heavy atom. The number of rotatable bonds is 2. The first kappa shape index (κ1) is 20.3. The molecule has 0 aromatic carbocycles. The minimum absolute atomic E-state index is 0.0251. The lowest BCUT2D eigenvalue weighted by Crippen LogP contribution is -2.58. The van der Waals surface area contributed by atoms with E-state index in [4.69, 9.17) is 16.3 Å². The van der Waals surface area contributed by atoms with E-state index in [1.165, 1.54) is 16.0 Å². The van der Waals surface area contributed by atoms with Gasteiger partial charge in [-0.3, -0.25) is 9.48 Å². The fourth-order valence-corrected chi connectivity index (χ4v) is 6.39. The van der Waals surface area contributed by atoms with Gasteiger partial charge in [0.2, 0.25) is 0 Å². The third kappa shape index (κ3) is 3.33. The maximum absolute atomic E-state index is 13.6. The number of hydrogen-bond acceptors (Lipinski definition) is 5. The van der Waals surface area contributed by atoms with Crippen LogP contribution in [0.5, 0.6) is 0 Å². The third-order valence-corrected chi connectivity index (χ3v) is 7.79. The predicted molar refractivity (Wildman–Crippen MR) is 103 cm³/mol. The average Bonchev–Trinajstić information content (AvgIpc) is 3.32. The fraction of sp³-hybridized carbons (Fsp3) is 0.632. The van der Waals surface area contributed by atoms with Gasteiger partial charge in [0, 0.05) is 30.8 Å². The van der Waals surface area contributed by atoms with Crippen molar-refractivity contribution in [1.82, 2.24) is 19.9 Å². The minimum Gasteiger partial charge on any atom is -0.369 e. The van der Waals surface area contributed by atoms with Gasteiger partial charge in [-0.2, -0.15) is 13.2 Å². The number of carbonyl (C=O) groups excluding carboxylic acids is 1. The van der Waals surface area contributed by atoms with E-state index in [9.17, 15) is 18.0 Å². The number of carbonyl (C=O) groups is 1. The Labute approximate surface area is 179 Å². The zero-order valence-electron chi connectivity index (χ0n) is 16.2. The van der Waals surface area contributed by atoms with Crippen LogP contribution < -0.4 is 0 Å². The van der Waals surface area contributed by atoms with Crippen molar-refractivity contribution in [3.63, 3.8) is 0 Å². The van der Waals surface area contributed by atoms with Crippen LogP contribution in [0.4, 0.5) is 13.2 Å². The quantitative estimate of drug-likeness (QED) is 0.679. The number of aromatic nitrogens is 3. The van der Waals surface area contributed by atoms with Gasteiger partial charge < -0.3 is 9.64 Å². The van der Waals surface area contributed by atoms with Gasteiger partial charge >= 0.3 is 12.1 Å². The first-order valence-corrected chi connectivity index (χ1v) is 11.1. The monoisotopic (exact) mass is 460 g/mol. The molecule has 1 amide bonds. The molecule has 2 aromatic heterocycles. The fourth-order valence-electron chi connectivity index (χ4n) is 4.93. The van der Waals surface area contributed by atoms with Crippen LogP contribution in [0.1, 0.15) is 47.9 Å². The van der Waals surface area contributed by atoms with Crippen molar-refractivity contribution in [3.8, 4) is 0 Å². The first-order valence-electron chi connectivity index (χ1n) is 9.86. The Balaban J connectivity index is 1.63. The highest BCUT2D eigenvalue weighted by Crippen LogP contribution is 2.56. The summed E-state index contributed by atoms with van der Waals surface area (Å²) < 4.78 is 49.1. The maximum Gasteiger partial charge on any atom is 0.471 e. The molecule has 2 fully saturated rings. The largest absolute Gasteiger partial charge is 0.471 e. The van der Waals surface area contributed by atoms with Crippen LogP contribution in [0.25, 0.3) is 0 Å². The molecule has 2 aliphatic heterocycles. The van der Waals surface area contributed by atoms with E-state index < -0.39 is 29.8 Å². The molecule has 1 spiro atoms. The van der Waals surface area contributed by atoms with E-state index in [-0.39, 0.29) is 12.3 Å². The number of nitrogens with zero attached hydrogens (tertiary/aromatic N) is 4. The van der Waals surface area contributed by atoms with Crippen molar-refractivity contribution in [2.75, 3.05) is 6.61 Å². The molecule has 0 unspecified atom stereocenters. The summed E-state index contributed by atoms with van der Waals surface area (Å²) >= 11 is 7.71. The molecule has 4 heterocycles. The highest BCUT2D eigenvalue weighted by Gasteiger charge is 2.58. The van der Waals surface area contributed by atoms with Gasteiger partial charge in [0.1, 0.15) is 11.3 Å². The highest BCUT2D eigenvalue weighted by molar-refractivity contribution is 7.16. The summed E-state index contributed by atoms with van der Waals surface area (Å²) in [6, 6.07) is 0.466. The van der Waals surface area contributed by atoms with E-state index in [1.807, 2.05) is 6.07 Å². The molecule has 162 valence electrons. The van der Waals surface area contributed by atoms with Crippen LogP contribution in [-0.4, -0.2) is 44.6 Å². The highest BCUT2D eigenvalue weighted by atomic mass is 35.5. The van der Waals surface area contributed by atoms with Gasteiger partial charge in [-0.05, 0) is 36.8 Å². The molecule has 11 heteroatoms. The molecule has 3 aliphatic rings. The van der Waals surface area contributed by atoms with E-state index in [0.717, 1.165) is 34.6 Å². The van der Waals surface area contributed by atoms with Crippen LogP contribution in [-0.2, 0) is 28.6 Å². The Morgan fingerprint density at radius 2 is 2.13 bits per heavy atom. The van der Waals surface area contributed by atoms with Gasteiger partial charge in [-0.15, -0.1) is 16.4 Å². The number of fused-ring (bicyclic) bond motifs is 2. The summed E-state index contributed by atoms with van der Waals surface area (Å²) in [6.45, 7) is 0.470. The standard InChI is InChI=1S/C19H20ClF3N4O2S/c1-26-9-12(24-25-26)14-8-18(16-11(4-5-29-18)6-15(20)30-16)7-13(10-2-3-10)27(14)17(28)19(21,22)23/h6,9-10,13-14H,2-5,7-8H2,1H3/t13-,14+,18+/m1/s1. The maximum atomic E-state index is 13.6. The number of hydrogen-bond donors (Lipinski definition) is 0. The van der Waals surface area contributed by atoms with Crippen molar-refractivity contribution in [3.05, 3.63) is 32.7 Å². The van der Waals surface area contributed by atoms with Crippen molar-refractivity contribution in [2.24, 2.45) is 13.0 Å². The summed E-state index contributed by atoms with van der Waals surface area (Å²) in [7, 11) is 1.65. The Hall–Kier alpha value is -1.65. The molecule has 1 saturated heterocycles. The van der Waals surface area contributed by atoms with Crippen LogP contribution in [0.2, 0.25) is 4.34 Å². The Bertz CT molecular complexity index is 989. The number of alkyl halides is 3. The third-order valence-electron chi connectivity index (χ3n) is 6.30. The number of ether oxygens (including phenoxy) is 1. The second-order valence-corrected chi connectivity index (χ2v) is 10.0. The first-order chi connectivity index (χ1) is 14.2. The van der Waals surface area contributed by atoms with Crippen LogP contribution in [0, 0.1) is 5.92 Å². The summed E-state index contributed by atoms with van der Waals surface area (Å²) in [5.41, 5.74) is 0.654. The average molecular weight is 461 g/mol. The minimum atomic E-state index is -4.96. The summed E-state index contributed by atoms with van der Waals surface area (Å²) in [6.07, 6.45) is -0.532. The van der Waals surface area contributed by atoms with Gasteiger partial charge in [-0.1, -0.05) is 16.8 Å². The lowest BCUT2D eigenvalue weighted by atomic mass is 9.76. The number of likely N-dealkylation sites (tertiary alicyclic amines) is 1. The van der Waals surface area contributed by atoms with Crippen molar-refractivity contribution in [2.45, 2.75) is 56.0 Å². The zero-order chi connectivity index (χ0) is 21.3. The molecule has 0 radical (unpaired) electrons. The molecule has 30 heavy (non-hydrogen) atoms. The van der Waals surface area contributed by atoms with Crippen LogP contribution in [0.15, 0.2) is 12.3 Å². The molecule has 0 N–H and O–H groups in total. The van der Waals surface area contributed by atoms with E-state index >= 15 is 0 Å². The summed E-state index contributed by atoms with van der Waals surface area (Å²) in [5.74, 6) is -1.79. The van der Waals surface area contributed by atoms with Crippen molar-refractivity contribution < 1.29 is 22.7 Å². The van der Waals surface area contributed by atoms with Crippen LogP contribution >= 0.6 is 22.9 Å². The summed E-state index contributed by atoms with van der Waals surface area (Å²) in [5, 5.41) is 7.98. The molecule has 2 aromatic rings. The van der Waals surface area contributed by atoms with E-state index in [1.54, 1.807) is 13.2 Å².